The normalized spacial score (nSPS) is 10.9. The zero-order chi connectivity index (χ0) is 24.5. The SMILES string of the molecule is NS(=O)(=O)c1ccc(CCNCC#Cc2ccc(-c3ccc(Oc4ccccc4)cc3)cc2)cc1. The molecular formula is C29H26N2O3S. The number of primary sulfonamides is 1. The number of rotatable bonds is 8. The second-order valence-electron chi connectivity index (χ2n) is 7.93. The van der Waals surface area contributed by atoms with Crippen molar-refractivity contribution < 1.29 is 13.2 Å². The molecule has 0 spiro atoms. The lowest BCUT2D eigenvalue weighted by Crippen LogP contribution is -2.17. The van der Waals surface area contributed by atoms with Crippen molar-refractivity contribution in [1.82, 2.24) is 5.32 Å². The van der Waals surface area contributed by atoms with Gasteiger partial charge in [-0.05, 0) is 71.6 Å². The van der Waals surface area contributed by atoms with E-state index in [0.717, 1.165) is 46.7 Å². The van der Waals surface area contributed by atoms with E-state index in [1.807, 2.05) is 66.7 Å². The highest BCUT2D eigenvalue weighted by atomic mass is 32.2. The standard InChI is InChI=1S/C29H26N2O3S/c30-35(32,33)29-18-10-24(11-19-29)20-22-31-21-4-5-23-8-12-25(13-9-23)26-14-16-28(17-15-26)34-27-6-2-1-3-7-27/h1-3,6-19,31H,20-22H2,(H2,30,32,33). The first-order valence-electron chi connectivity index (χ1n) is 11.2. The van der Waals surface area contributed by atoms with Crippen LogP contribution in [0.25, 0.3) is 11.1 Å². The van der Waals surface area contributed by atoms with Gasteiger partial charge in [-0.2, -0.15) is 0 Å². The van der Waals surface area contributed by atoms with Crippen LogP contribution >= 0.6 is 0 Å². The molecule has 0 fully saturated rings. The summed E-state index contributed by atoms with van der Waals surface area (Å²) in [5.41, 5.74) is 4.23. The fraction of sp³-hybridized carbons (Fsp3) is 0.103. The Morgan fingerprint density at radius 2 is 1.34 bits per heavy atom. The fourth-order valence-corrected chi connectivity index (χ4v) is 3.98. The molecule has 6 heteroatoms. The average Bonchev–Trinajstić information content (AvgIpc) is 2.87. The average molecular weight is 483 g/mol. The maximum atomic E-state index is 11.3. The van der Waals surface area contributed by atoms with Crippen LogP contribution in [-0.2, 0) is 16.4 Å². The summed E-state index contributed by atoms with van der Waals surface area (Å²) in [5, 5.41) is 8.40. The van der Waals surface area contributed by atoms with Crippen molar-refractivity contribution in [3.63, 3.8) is 0 Å². The van der Waals surface area contributed by atoms with Gasteiger partial charge in [0.05, 0.1) is 11.4 Å². The van der Waals surface area contributed by atoms with Crippen molar-refractivity contribution in [3.8, 4) is 34.5 Å². The number of benzene rings is 4. The zero-order valence-corrected chi connectivity index (χ0v) is 20.0. The minimum Gasteiger partial charge on any atom is -0.457 e. The van der Waals surface area contributed by atoms with Crippen molar-refractivity contribution in [1.29, 1.82) is 0 Å². The summed E-state index contributed by atoms with van der Waals surface area (Å²) >= 11 is 0. The van der Waals surface area contributed by atoms with Crippen LogP contribution in [0.15, 0.2) is 108 Å². The third kappa shape index (κ3) is 7.29. The van der Waals surface area contributed by atoms with Crippen LogP contribution in [0, 0.1) is 11.8 Å². The first kappa shape index (κ1) is 24.2. The highest BCUT2D eigenvalue weighted by Crippen LogP contribution is 2.25. The molecule has 176 valence electrons. The molecule has 3 N–H and O–H groups in total. The van der Waals surface area contributed by atoms with Crippen LogP contribution in [0.3, 0.4) is 0 Å². The lowest BCUT2D eigenvalue weighted by atomic mass is 10.0. The van der Waals surface area contributed by atoms with Gasteiger partial charge in [0, 0.05) is 12.1 Å². The van der Waals surface area contributed by atoms with E-state index in [1.54, 1.807) is 12.1 Å². The predicted molar refractivity (Wildman–Crippen MR) is 140 cm³/mol. The van der Waals surface area contributed by atoms with Gasteiger partial charge in [-0.3, -0.25) is 0 Å². The zero-order valence-electron chi connectivity index (χ0n) is 19.1. The van der Waals surface area contributed by atoms with Gasteiger partial charge in [0.1, 0.15) is 11.5 Å². The molecule has 0 bridgehead atoms. The number of nitrogens with two attached hydrogens (primary N) is 1. The Morgan fingerprint density at radius 3 is 1.97 bits per heavy atom. The predicted octanol–water partition coefficient (Wildman–Crippen LogP) is 4.98. The van der Waals surface area contributed by atoms with E-state index in [1.165, 1.54) is 12.1 Å². The van der Waals surface area contributed by atoms with E-state index in [0.29, 0.717) is 6.54 Å². The molecular weight excluding hydrogens is 456 g/mol. The van der Waals surface area contributed by atoms with Crippen LogP contribution in [0.5, 0.6) is 11.5 Å². The summed E-state index contributed by atoms with van der Waals surface area (Å²) in [5.74, 6) is 7.92. The van der Waals surface area contributed by atoms with E-state index >= 15 is 0 Å². The van der Waals surface area contributed by atoms with Gasteiger partial charge in [-0.25, -0.2) is 13.6 Å². The molecule has 4 aromatic rings. The molecule has 0 aliphatic rings. The Morgan fingerprint density at radius 1 is 0.743 bits per heavy atom. The van der Waals surface area contributed by atoms with Crippen molar-refractivity contribution in [2.45, 2.75) is 11.3 Å². The maximum absolute atomic E-state index is 11.3. The molecule has 0 saturated carbocycles. The van der Waals surface area contributed by atoms with E-state index in [-0.39, 0.29) is 4.90 Å². The molecule has 0 heterocycles. The smallest absolute Gasteiger partial charge is 0.238 e. The van der Waals surface area contributed by atoms with Gasteiger partial charge >= 0.3 is 0 Å². The highest BCUT2D eigenvalue weighted by Gasteiger charge is 2.06. The molecule has 0 aliphatic carbocycles. The lowest BCUT2D eigenvalue weighted by Gasteiger charge is -2.07. The Balaban J connectivity index is 1.23. The summed E-state index contributed by atoms with van der Waals surface area (Å²) in [6.45, 7) is 1.31. The first-order valence-corrected chi connectivity index (χ1v) is 12.8. The molecule has 5 nitrogen and oxygen atoms in total. The van der Waals surface area contributed by atoms with Gasteiger partial charge in [0.25, 0.3) is 0 Å². The monoisotopic (exact) mass is 482 g/mol. The van der Waals surface area contributed by atoms with Gasteiger partial charge in [-0.1, -0.05) is 66.4 Å². The Hall–Kier alpha value is -3.89. The number of ether oxygens (including phenoxy) is 1. The Bertz CT molecular complexity index is 1400. The largest absolute Gasteiger partial charge is 0.457 e. The number of hydrogen-bond acceptors (Lipinski definition) is 4. The fourth-order valence-electron chi connectivity index (χ4n) is 3.46. The van der Waals surface area contributed by atoms with Gasteiger partial charge < -0.3 is 10.1 Å². The highest BCUT2D eigenvalue weighted by molar-refractivity contribution is 7.89. The van der Waals surface area contributed by atoms with Crippen LogP contribution in [-0.4, -0.2) is 21.5 Å². The Labute approximate surface area is 206 Å². The molecule has 0 aromatic heterocycles. The quantitative estimate of drug-likeness (QED) is 0.274. The number of para-hydroxylation sites is 1. The molecule has 0 amide bonds. The number of sulfonamides is 1. The topological polar surface area (TPSA) is 81.4 Å². The number of hydrogen-bond donors (Lipinski definition) is 2. The minimum absolute atomic E-state index is 0.125. The molecule has 4 rings (SSSR count). The summed E-state index contributed by atoms with van der Waals surface area (Å²) in [6, 6.07) is 32.5. The van der Waals surface area contributed by atoms with Crippen molar-refractivity contribution in [3.05, 3.63) is 114 Å². The van der Waals surface area contributed by atoms with E-state index in [9.17, 15) is 8.42 Å². The molecule has 0 atom stereocenters. The molecule has 0 aliphatic heterocycles. The second-order valence-corrected chi connectivity index (χ2v) is 9.50. The van der Waals surface area contributed by atoms with E-state index < -0.39 is 10.0 Å². The van der Waals surface area contributed by atoms with Crippen LogP contribution in [0.2, 0.25) is 0 Å². The van der Waals surface area contributed by atoms with Gasteiger partial charge in [-0.15, -0.1) is 0 Å². The van der Waals surface area contributed by atoms with E-state index in [2.05, 4.69) is 29.3 Å². The first-order chi connectivity index (χ1) is 17.0. The maximum Gasteiger partial charge on any atom is 0.238 e. The number of nitrogens with one attached hydrogen (secondary N) is 1. The summed E-state index contributed by atoms with van der Waals surface area (Å²) in [7, 11) is -3.65. The van der Waals surface area contributed by atoms with Crippen molar-refractivity contribution in [2.24, 2.45) is 5.14 Å². The van der Waals surface area contributed by atoms with Gasteiger partial charge in [0.2, 0.25) is 10.0 Å². The van der Waals surface area contributed by atoms with Crippen molar-refractivity contribution >= 4 is 10.0 Å². The van der Waals surface area contributed by atoms with Crippen LogP contribution in [0.1, 0.15) is 11.1 Å². The van der Waals surface area contributed by atoms with Crippen molar-refractivity contribution in [2.75, 3.05) is 13.1 Å². The third-order valence-corrected chi connectivity index (χ3v) is 6.27. The lowest BCUT2D eigenvalue weighted by molar-refractivity contribution is 0.483. The van der Waals surface area contributed by atoms with Crippen LogP contribution in [0.4, 0.5) is 0 Å². The molecule has 4 aromatic carbocycles. The minimum atomic E-state index is -3.65. The molecule has 0 unspecified atom stereocenters. The molecule has 0 radical (unpaired) electrons. The second kappa shape index (κ2) is 11.5. The Kier molecular flexibility index (Phi) is 7.96. The van der Waals surface area contributed by atoms with E-state index in [4.69, 9.17) is 9.88 Å². The van der Waals surface area contributed by atoms with Gasteiger partial charge in [0.15, 0.2) is 0 Å². The summed E-state index contributed by atoms with van der Waals surface area (Å²) in [4.78, 5) is 0.125. The third-order valence-electron chi connectivity index (χ3n) is 5.34. The summed E-state index contributed by atoms with van der Waals surface area (Å²) < 4.78 is 28.4. The summed E-state index contributed by atoms with van der Waals surface area (Å²) in [6.07, 6.45) is 0.774. The molecule has 0 saturated heterocycles. The molecule has 35 heavy (non-hydrogen) atoms. The van der Waals surface area contributed by atoms with Crippen LogP contribution < -0.4 is 15.2 Å².